The number of halogens is 6. The molecular weight excluding hydrogens is 384 g/mol. The Labute approximate surface area is 145 Å². The van der Waals surface area contributed by atoms with Gasteiger partial charge in [0.05, 0.1) is 27.9 Å². The van der Waals surface area contributed by atoms with Gasteiger partial charge in [0.15, 0.2) is 0 Å². The molecule has 0 atom stereocenters. The van der Waals surface area contributed by atoms with Crippen molar-refractivity contribution in [3.05, 3.63) is 56.9 Å². The van der Waals surface area contributed by atoms with Crippen molar-refractivity contribution in [1.29, 1.82) is 0 Å². The van der Waals surface area contributed by atoms with Gasteiger partial charge in [-0.1, -0.05) is 0 Å². The van der Waals surface area contributed by atoms with E-state index >= 15 is 0 Å². The first kappa shape index (κ1) is 18.5. The fourth-order valence-electron chi connectivity index (χ4n) is 2.61. The van der Waals surface area contributed by atoms with Gasteiger partial charge in [0.25, 0.3) is 17.4 Å². The fraction of sp³-hybridized carbons (Fsp3) is 0.133. The van der Waals surface area contributed by atoms with E-state index in [4.69, 9.17) is 5.73 Å². The second-order valence-electron chi connectivity index (χ2n) is 5.54. The Morgan fingerprint density at radius 3 is 1.81 bits per heavy atom. The molecule has 0 aliphatic carbocycles. The van der Waals surface area contributed by atoms with Gasteiger partial charge in [0.2, 0.25) is 0 Å². The summed E-state index contributed by atoms with van der Waals surface area (Å²) in [6.45, 7) is 0. The Balaban J connectivity index is 2.36. The summed E-state index contributed by atoms with van der Waals surface area (Å²) in [5.74, 6) is -2.73. The number of nitrogens with two attached hydrogens (primary N) is 1. The summed E-state index contributed by atoms with van der Waals surface area (Å²) < 4.78 is 78.3. The van der Waals surface area contributed by atoms with Crippen LogP contribution in [0.4, 0.5) is 32.2 Å². The molecule has 3 N–H and O–H groups in total. The molecule has 1 aliphatic rings. The van der Waals surface area contributed by atoms with Gasteiger partial charge < -0.3 is 5.73 Å². The molecule has 0 saturated heterocycles. The summed E-state index contributed by atoms with van der Waals surface area (Å²) in [6, 6.07) is 1.07. The summed E-state index contributed by atoms with van der Waals surface area (Å²) in [5.41, 5.74) is -0.661. The third-order valence-electron chi connectivity index (χ3n) is 3.78. The number of nitrogens with zero attached hydrogens (tertiary/aromatic N) is 1. The average molecular weight is 391 g/mol. The quantitative estimate of drug-likeness (QED) is 0.577. The van der Waals surface area contributed by atoms with E-state index in [1.54, 1.807) is 0 Å². The smallest absolute Gasteiger partial charge is 0.384 e. The number of nitrogens with one attached hydrogen (secondary N) is 1. The van der Waals surface area contributed by atoms with Crippen LogP contribution in [0.25, 0.3) is 5.69 Å². The van der Waals surface area contributed by atoms with Crippen LogP contribution in [-0.2, 0) is 12.4 Å². The monoisotopic (exact) mass is 391 g/mol. The standard InChI is InChI=1S/C15H7F6N3O3/c16-14(17,18)5-1-6(15(19,20)21)3-7(2-5)24-9(25)4-8-10(11(24)22)13(27)23-12(8)26/h1-4H,22H2,(H,23,26,27). The van der Waals surface area contributed by atoms with Crippen LogP contribution in [-0.4, -0.2) is 16.4 Å². The molecule has 27 heavy (non-hydrogen) atoms. The van der Waals surface area contributed by atoms with Gasteiger partial charge in [-0.15, -0.1) is 0 Å². The Bertz CT molecular complexity index is 1020. The van der Waals surface area contributed by atoms with Gasteiger partial charge in [-0.2, -0.15) is 26.3 Å². The molecular formula is C15H7F6N3O3. The molecule has 0 bridgehead atoms. The number of benzene rings is 1. The highest BCUT2D eigenvalue weighted by Crippen LogP contribution is 2.37. The number of pyridine rings is 1. The van der Waals surface area contributed by atoms with Crippen molar-refractivity contribution in [1.82, 2.24) is 9.88 Å². The van der Waals surface area contributed by atoms with Crippen LogP contribution in [0.3, 0.4) is 0 Å². The van der Waals surface area contributed by atoms with Gasteiger partial charge in [-0.05, 0) is 18.2 Å². The number of hydrogen-bond acceptors (Lipinski definition) is 4. The largest absolute Gasteiger partial charge is 0.416 e. The first-order valence-electron chi connectivity index (χ1n) is 7.02. The van der Waals surface area contributed by atoms with Gasteiger partial charge in [-0.3, -0.25) is 24.3 Å². The number of fused-ring (bicyclic) bond motifs is 1. The van der Waals surface area contributed by atoms with Crippen LogP contribution >= 0.6 is 0 Å². The third kappa shape index (κ3) is 3.02. The zero-order chi connectivity index (χ0) is 20.3. The van der Waals surface area contributed by atoms with E-state index < -0.39 is 63.5 Å². The predicted octanol–water partition coefficient (Wildman–Crippen LogP) is 2.34. The van der Waals surface area contributed by atoms with Crippen molar-refractivity contribution >= 4 is 17.6 Å². The SMILES string of the molecule is Nc1c2c(cc(=O)n1-c1cc(C(F)(F)F)cc(C(F)(F)F)c1)C(=O)NC2=O. The van der Waals surface area contributed by atoms with Gasteiger partial charge in [0.1, 0.15) is 5.82 Å². The average Bonchev–Trinajstić information content (AvgIpc) is 2.79. The van der Waals surface area contributed by atoms with Crippen LogP contribution < -0.4 is 16.6 Å². The second kappa shape index (κ2) is 5.59. The normalized spacial score (nSPS) is 14.3. The molecule has 1 aromatic heterocycles. The molecule has 2 heterocycles. The zero-order valence-corrected chi connectivity index (χ0v) is 12.8. The lowest BCUT2D eigenvalue weighted by atomic mass is 10.1. The molecule has 0 spiro atoms. The third-order valence-corrected chi connectivity index (χ3v) is 3.78. The molecule has 6 nitrogen and oxygen atoms in total. The van der Waals surface area contributed by atoms with Crippen molar-refractivity contribution in [2.24, 2.45) is 0 Å². The number of aromatic nitrogens is 1. The number of imide groups is 1. The molecule has 3 rings (SSSR count). The van der Waals surface area contributed by atoms with E-state index in [1.165, 1.54) is 0 Å². The van der Waals surface area contributed by atoms with Crippen molar-refractivity contribution in [3.63, 3.8) is 0 Å². The van der Waals surface area contributed by atoms with Crippen LogP contribution in [0.5, 0.6) is 0 Å². The van der Waals surface area contributed by atoms with Crippen LogP contribution in [0.2, 0.25) is 0 Å². The van der Waals surface area contributed by atoms with E-state index in [-0.39, 0.29) is 18.2 Å². The number of alkyl halides is 6. The van der Waals surface area contributed by atoms with E-state index in [1.807, 2.05) is 5.32 Å². The minimum atomic E-state index is -5.14. The maximum absolute atomic E-state index is 13.0. The highest BCUT2D eigenvalue weighted by molar-refractivity contribution is 6.23. The maximum atomic E-state index is 13.0. The molecule has 0 unspecified atom stereocenters. The number of carbonyl (C=O) groups excluding carboxylic acids is 2. The minimum Gasteiger partial charge on any atom is -0.384 e. The minimum absolute atomic E-state index is 0.117. The zero-order valence-electron chi connectivity index (χ0n) is 12.8. The number of carbonyl (C=O) groups is 2. The number of amides is 2. The number of anilines is 1. The lowest BCUT2D eigenvalue weighted by molar-refractivity contribution is -0.143. The van der Waals surface area contributed by atoms with Crippen molar-refractivity contribution in [2.75, 3.05) is 5.73 Å². The van der Waals surface area contributed by atoms with Crippen molar-refractivity contribution in [3.8, 4) is 5.69 Å². The lowest BCUT2D eigenvalue weighted by Crippen LogP contribution is -2.25. The highest BCUT2D eigenvalue weighted by atomic mass is 19.4. The Morgan fingerprint density at radius 2 is 1.33 bits per heavy atom. The molecule has 2 aromatic rings. The maximum Gasteiger partial charge on any atom is 0.416 e. The van der Waals surface area contributed by atoms with E-state index in [2.05, 4.69) is 0 Å². The van der Waals surface area contributed by atoms with Crippen LogP contribution in [0.15, 0.2) is 29.1 Å². The summed E-state index contributed by atoms with van der Waals surface area (Å²) in [7, 11) is 0. The fourth-order valence-corrected chi connectivity index (χ4v) is 2.61. The topological polar surface area (TPSA) is 94.2 Å². The number of rotatable bonds is 1. The van der Waals surface area contributed by atoms with E-state index in [0.29, 0.717) is 10.6 Å². The lowest BCUT2D eigenvalue weighted by Gasteiger charge is -2.17. The molecule has 12 heteroatoms. The van der Waals surface area contributed by atoms with E-state index in [0.717, 1.165) is 0 Å². The number of hydrogen-bond donors (Lipinski definition) is 2. The molecule has 0 fully saturated rings. The molecule has 142 valence electrons. The first-order chi connectivity index (χ1) is 12.3. The molecule has 0 saturated carbocycles. The summed E-state index contributed by atoms with van der Waals surface area (Å²) in [5, 5.41) is 1.83. The predicted molar refractivity (Wildman–Crippen MR) is 78.3 cm³/mol. The van der Waals surface area contributed by atoms with Gasteiger partial charge in [0, 0.05) is 6.07 Å². The van der Waals surface area contributed by atoms with Gasteiger partial charge >= 0.3 is 12.4 Å². The molecule has 1 aliphatic heterocycles. The van der Waals surface area contributed by atoms with Crippen molar-refractivity contribution in [2.45, 2.75) is 12.4 Å². The molecule has 2 amide bonds. The van der Waals surface area contributed by atoms with Crippen molar-refractivity contribution < 1.29 is 35.9 Å². The first-order valence-corrected chi connectivity index (χ1v) is 7.02. The Morgan fingerprint density at radius 1 is 0.815 bits per heavy atom. The Kier molecular flexibility index (Phi) is 3.83. The molecule has 0 radical (unpaired) electrons. The highest BCUT2D eigenvalue weighted by Gasteiger charge is 2.38. The number of nitrogen functional groups attached to an aromatic ring is 1. The van der Waals surface area contributed by atoms with E-state index in [9.17, 15) is 40.7 Å². The van der Waals surface area contributed by atoms with Crippen LogP contribution in [0, 0.1) is 0 Å². The van der Waals surface area contributed by atoms with Crippen LogP contribution in [0.1, 0.15) is 31.8 Å². The Hall–Kier alpha value is -3.31. The van der Waals surface area contributed by atoms with Gasteiger partial charge in [-0.25, -0.2) is 0 Å². The molecule has 1 aromatic carbocycles. The summed E-state index contributed by atoms with van der Waals surface area (Å²) >= 11 is 0. The summed E-state index contributed by atoms with van der Waals surface area (Å²) in [6.07, 6.45) is -10.3. The second-order valence-corrected chi connectivity index (χ2v) is 5.54. The summed E-state index contributed by atoms with van der Waals surface area (Å²) in [4.78, 5) is 35.5.